The number of hydrogen-bond acceptors (Lipinski definition) is 3. The van der Waals surface area contributed by atoms with Crippen molar-refractivity contribution in [2.45, 2.75) is 37.9 Å². The third-order valence-corrected chi connectivity index (χ3v) is 3.22. The Hall–Kier alpha value is -0.120. The van der Waals surface area contributed by atoms with E-state index >= 15 is 0 Å². The van der Waals surface area contributed by atoms with E-state index in [1.54, 1.807) is 0 Å². The lowest BCUT2D eigenvalue weighted by Gasteiger charge is -2.44. The van der Waals surface area contributed by atoms with E-state index < -0.39 is 0 Å². The molecule has 76 valence electrons. The Morgan fingerprint density at radius 2 is 2.23 bits per heavy atom. The Bertz CT molecular complexity index is 189. The van der Waals surface area contributed by atoms with E-state index in [0.29, 0.717) is 0 Å². The first-order valence-electron chi connectivity index (χ1n) is 5.17. The SMILES string of the molecule is CCC1(C)CNCC2(CCOC2)O1. The molecule has 1 spiro atoms. The van der Waals surface area contributed by atoms with Gasteiger partial charge in [0.15, 0.2) is 0 Å². The van der Waals surface area contributed by atoms with Crippen LogP contribution in [0.15, 0.2) is 0 Å². The van der Waals surface area contributed by atoms with Crippen molar-refractivity contribution in [1.29, 1.82) is 0 Å². The van der Waals surface area contributed by atoms with Crippen LogP contribution in [-0.2, 0) is 9.47 Å². The minimum absolute atomic E-state index is 0.00590. The lowest BCUT2D eigenvalue weighted by atomic mass is 9.94. The summed E-state index contributed by atoms with van der Waals surface area (Å²) in [7, 11) is 0. The smallest absolute Gasteiger partial charge is 0.107 e. The molecule has 2 saturated heterocycles. The van der Waals surface area contributed by atoms with Gasteiger partial charge in [-0.1, -0.05) is 6.92 Å². The van der Waals surface area contributed by atoms with Gasteiger partial charge in [0.05, 0.1) is 12.2 Å². The fourth-order valence-electron chi connectivity index (χ4n) is 2.16. The Balaban J connectivity index is 2.06. The van der Waals surface area contributed by atoms with Gasteiger partial charge in [0.2, 0.25) is 0 Å². The van der Waals surface area contributed by atoms with Gasteiger partial charge in [0, 0.05) is 26.1 Å². The van der Waals surface area contributed by atoms with Crippen molar-refractivity contribution in [1.82, 2.24) is 5.32 Å². The first-order chi connectivity index (χ1) is 6.18. The fourth-order valence-corrected chi connectivity index (χ4v) is 2.16. The zero-order valence-electron chi connectivity index (χ0n) is 8.56. The number of rotatable bonds is 1. The molecule has 2 aliphatic heterocycles. The molecule has 0 radical (unpaired) electrons. The van der Waals surface area contributed by atoms with E-state index in [4.69, 9.17) is 9.47 Å². The summed E-state index contributed by atoms with van der Waals surface area (Å²) in [6.45, 7) is 7.88. The van der Waals surface area contributed by atoms with Gasteiger partial charge in [-0.15, -0.1) is 0 Å². The molecule has 2 rings (SSSR count). The summed E-state index contributed by atoms with van der Waals surface area (Å²) in [6.07, 6.45) is 2.09. The van der Waals surface area contributed by atoms with Crippen LogP contribution >= 0.6 is 0 Å². The van der Waals surface area contributed by atoms with Crippen molar-refractivity contribution in [2.24, 2.45) is 0 Å². The quantitative estimate of drug-likeness (QED) is 0.659. The van der Waals surface area contributed by atoms with Crippen LogP contribution in [0.1, 0.15) is 26.7 Å². The second-order valence-electron chi connectivity index (χ2n) is 4.49. The highest BCUT2D eigenvalue weighted by Crippen LogP contribution is 2.32. The summed E-state index contributed by atoms with van der Waals surface area (Å²) in [6, 6.07) is 0. The van der Waals surface area contributed by atoms with Crippen molar-refractivity contribution in [3.05, 3.63) is 0 Å². The Morgan fingerprint density at radius 1 is 1.38 bits per heavy atom. The fraction of sp³-hybridized carbons (Fsp3) is 1.00. The van der Waals surface area contributed by atoms with Crippen LogP contribution in [0.25, 0.3) is 0 Å². The van der Waals surface area contributed by atoms with Crippen molar-refractivity contribution in [3.63, 3.8) is 0 Å². The van der Waals surface area contributed by atoms with Gasteiger partial charge in [-0.3, -0.25) is 0 Å². The maximum absolute atomic E-state index is 6.18. The lowest BCUT2D eigenvalue weighted by molar-refractivity contribution is -0.170. The lowest BCUT2D eigenvalue weighted by Crippen LogP contribution is -2.59. The molecule has 2 heterocycles. The molecule has 0 amide bonds. The third kappa shape index (κ3) is 1.73. The first kappa shape index (κ1) is 9.44. The molecule has 13 heavy (non-hydrogen) atoms. The van der Waals surface area contributed by atoms with Crippen LogP contribution < -0.4 is 5.32 Å². The van der Waals surface area contributed by atoms with E-state index in [9.17, 15) is 0 Å². The van der Waals surface area contributed by atoms with Crippen LogP contribution in [-0.4, -0.2) is 37.5 Å². The largest absolute Gasteiger partial charge is 0.378 e. The highest BCUT2D eigenvalue weighted by molar-refractivity contribution is 4.96. The summed E-state index contributed by atoms with van der Waals surface area (Å²) >= 11 is 0. The molecule has 2 atom stereocenters. The van der Waals surface area contributed by atoms with Gasteiger partial charge in [-0.2, -0.15) is 0 Å². The summed E-state index contributed by atoms with van der Waals surface area (Å²) in [5.74, 6) is 0. The van der Waals surface area contributed by atoms with Gasteiger partial charge in [0.25, 0.3) is 0 Å². The molecule has 0 aliphatic carbocycles. The number of nitrogens with one attached hydrogen (secondary N) is 1. The number of ether oxygens (including phenoxy) is 2. The maximum atomic E-state index is 6.18. The standard InChI is InChI=1S/C10H19NO2/c1-3-9(2)6-11-7-10(13-9)4-5-12-8-10/h11H,3-8H2,1-2H3. The summed E-state index contributed by atoms with van der Waals surface area (Å²) in [4.78, 5) is 0. The molecule has 3 nitrogen and oxygen atoms in total. The van der Waals surface area contributed by atoms with Crippen LogP contribution in [0, 0.1) is 0 Å². The van der Waals surface area contributed by atoms with E-state index in [1.807, 2.05) is 0 Å². The average Bonchev–Trinajstić information content (AvgIpc) is 2.53. The first-order valence-corrected chi connectivity index (χ1v) is 5.17. The van der Waals surface area contributed by atoms with E-state index in [1.165, 1.54) is 0 Å². The molecule has 0 bridgehead atoms. The van der Waals surface area contributed by atoms with E-state index in [2.05, 4.69) is 19.2 Å². The van der Waals surface area contributed by atoms with E-state index in [-0.39, 0.29) is 11.2 Å². The van der Waals surface area contributed by atoms with Gasteiger partial charge < -0.3 is 14.8 Å². The molecule has 0 aromatic carbocycles. The normalized spacial score (nSPS) is 45.7. The number of hydrogen-bond donors (Lipinski definition) is 1. The molecule has 0 aromatic rings. The summed E-state index contributed by atoms with van der Waals surface area (Å²) in [5, 5.41) is 3.45. The van der Waals surface area contributed by atoms with Crippen molar-refractivity contribution in [3.8, 4) is 0 Å². The summed E-state index contributed by atoms with van der Waals surface area (Å²) in [5.41, 5.74) is -0.0189. The van der Waals surface area contributed by atoms with Crippen LogP contribution in [0.3, 0.4) is 0 Å². The predicted molar refractivity (Wildman–Crippen MR) is 50.8 cm³/mol. The predicted octanol–water partition coefficient (Wildman–Crippen LogP) is 0.934. The molecule has 1 N–H and O–H groups in total. The highest BCUT2D eigenvalue weighted by Gasteiger charge is 2.44. The van der Waals surface area contributed by atoms with Crippen LogP contribution in [0.4, 0.5) is 0 Å². The molecular weight excluding hydrogens is 166 g/mol. The monoisotopic (exact) mass is 185 g/mol. The second-order valence-corrected chi connectivity index (χ2v) is 4.49. The van der Waals surface area contributed by atoms with Crippen molar-refractivity contribution < 1.29 is 9.47 Å². The van der Waals surface area contributed by atoms with E-state index in [0.717, 1.165) is 39.1 Å². The topological polar surface area (TPSA) is 30.5 Å². The number of morpholine rings is 1. The Kier molecular flexibility index (Phi) is 2.34. The molecule has 2 aliphatic rings. The third-order valence-electron chi connectivity index (χ3n) is 3.22. The minimum atomic E-state index is -0.0248. The molecule has 0 saturated carbocycles. The molecule has 3 heteroatoms. The Labute approximate surface area is 79.8 Å². The van der Waals surface area contributed by atoms with Gasteiger partial charge in [-0.25, -0.2) is 0 Å². The van der Waals surface area contributed by atoms with Gasteiger partial charge in [-0.05, 0) is 13.3 Å². The minimum Gasteiger partial charge on any atom is -0.378 e. The maximum Gasteiger partial charge on any atom is 0.107 e. The van der Waals surface area contributed by atoms with Gasteiger partial charge >= 0.3 is 0 Å². The van der Waals surface area contributed by atoms with Gasteiger partial charge in [0.1, 0.15) is 5.60 Å². The van der Waals surface area contributed by atoms with Crippen molar-refractivity contribution >= 4 is 0 Å². The van der Waals surface area contributed by atoms with Crippen molar-refractivity contribution in [2.75, 3.05) is 26.3 Å². The van der Waals surface area contributed by atoms with Crippen LogP contribution in [0.2, 0.25) is 0 Å². The Morgan fingerprint density at radius 3 is 2.85 bits per heavy atom. The van der Waals surface area contributed by atoms with Crippen LogP contribution in [0.5, 0.6) is 0 Å². The zero-order valence-corrected chi connectivity index (χ0v) is 8.56. The molecule has 2 fully saturated rings. The molecule has 2 unspecified atom stereocenters. The molecular formula is C10H19NO2. The highest BCUT2D eigenvalue weighted by atomic mass is 16.6. The molecule has 0 aromatic heterocycles. The zero-order chi connectivity index (χ0) is 9.36. The summed E-state index contributed by atoms with van der Waals surface area (Å²) < 4.78 is 11.6. The second kappa shape index (κ2) is 3.23. The average molecular weight is 185 g/mol.